The lowest BCUT2D eigenvalue weighted by Gasteiger charge is -2.48. The summed E-state index contributed by atoms with van der Waals surface area (Å²) in [5, 5.41) is 7.78. The maximum absolute atomic E-state index is 12.9. The fourth-order valence-corrected chi connectivity index (χ4v) is 5.48. The average Bonchev–Trinajstić information content (AvgIpc) is 3.33. The SMILES string of the molecule is CON=C(C(=O)NC1C(=O)N2C(C(=O)OCC(C)=Cc3cccc(OC)c3)=CCS[C@@H]12)c1csc(N)n1. The van der Waals surface area contributed by atoms with Crippen LogP contribution in [-0.4, -0.2) is 71.4 Å². The van der Waals surface area contributed by atoms with E-state index in [2.05, 4.69) is 15.5 Å². The number of amides is 2. The van der Waals surface area contributed by atoms with E-state index in [1.807, 2.05) is 37.3 Å². The van der Waals surface area contributed by atoms with E-state index in [0.29, 0.717) is 5.75 Å². The lowest BCUT2D eigenvalue weighted by atomic mass is 10.0. The van der Waals surface area contributed by atoms with E-state index in [-0.39, 0.29) is 28.8 Å². The number of hydrogen-bond acceptors (Lipinski definition) is 11. The van der Waals surface area contributed by atoms with Crippen molar-refractivity contribution >= 4 is 57.8 Å². The van der Waals surface area contributed by atoms with Crippen LogP contribution >= 0.6 is 23.1 Å². The molecule has 0 saturated carbocycles. The molecule has 1 unspecified atom stereocenters. The normalized spacial score (nSPS) is 19.4. The Morgan fingerprint density at radius 3 is 2.86 bits per heavy atom. The van der Waals surface area contributed by atoms with Crippen LogP contribution in [0.3, 0.4) is 0 Å². The number of nitrogens with zero attached hydrogens (tertiary/aromatic N) is 3. The third-order valence-corrected chi connectivity index (χ3v) is 7.30. The van der Waals surface area contributed by atoms with Crippen molar-refractivity contribution < 1.29 is 28.7 Å². The summed E-state index contributed by atoms with van der Waals surface area (Å²) in [6, 6.07) is 6.66. The molecule has 194 valence electrons. The van der Waals surface area contributed by atoms with Gasteiger partial charge in [0.25, 0.3) is 11.8 Å². The maximum atomic E-state index is 12.9. The summed E-state index contributed by atoms with van der Waals surface area (Å²) in [4.78, 5) is 48.8. The van der Waals surface area contributed by atoms with Crippen LogP contribution in [0.2, 0.25) is 0 Å². The van der Waals surface area contributed by atoms with Gasteiger partial charge in [-0.05, 0) is 36.3 Å². The highest BCUT2D eigenvalue weighted by atomic mass is 32.2. The van der Waals surface area contributed by atoms with Crippen LogP contribution in [0.5, 0.6) is 5.75 Å². The lowest BCUT2D eigenvalue weighted by Crippen LogP contribution is -2.70. The highest BCUT2D eigenvalue weighted by Crippen LogP contribution is 2.38. The fraction of sp³-hybridized carbons (Fsp3) is 0.292. The third-order valence-electron chi connectivity index (χ3n) is 5.44. The second kappa shape index (κ2) is 11.5. The predicted molar refractivity (Wildman–Crippen MR) is 141 cm³/mol. The third kappa shape index (κ3) is 5.78. The Labute approximate surface area is 221 Å². The molecule has 2 aromatic rings. The number of hydrogen-bond donors (Lipinski definition) is 2. The van der Waals surface area contributed by atoms with Crippen molar-refractivity contribution in [3.05, 3.63) is 58.2 Å². The number of esters is 1. The van der Waals surface area contributed by atoms with Gasteiger partial charge in [-0.3, -0.25) is 14.5 Å². The van der Waals surface area contributed by atoms with Crippen LogP contribution in [0.1, 0.15) is 18.2 Å². The monoisotopic (exact) mass is 543 g/mol. The first-order valence-electron chi connectivity index (χ1n) is 11.1. The predicted octanol–water partition coefficient (Wildman–Crippen LogP) is 2.01. The molecule has 0 bridgehead atoms. The number of carbonyl (C=O) groups is 3. The van der Waals surface area contributed by atoms with E-state index < -0.39 is 29.2 Å². The van der Waals surface area contributed by atoms with Gasteiger partial charge in [0.05, 0.1) is 7.11 Å². The number of thioether (sulfide) groups is 1. The van der Waals surface area contributed by atoms with Crippen molar-refractivity contribution in [2.24, 2.45) is 5.16 Å². The molecule has 1 saturated heterocycles. The van der Waals surface area contributed by atoms with Crippen molar-refractivity contribution in [2.45, 2.75) is 18.3 Å². The number of aromatic nitrogens is 1. The number of methoxy groups -OCH3 is 1. The van der Waals surface area contributed by atoms with Crippen LogP contribution in [0.15, 0.2) is 52.1 Å². The van der Waals surface area contributed by atoms with Gasteiger partial charge in [0, 0.05) is 11.1 Å². The molecule has 0 radical (unpaired) electrons. The number of nitrogens with two attached hydrogens (primary N) is 1. The van der Waals surface area contributed by atoms with Gasteiger partial charge in [-0.25, -0.2) is 9.78 Å². The molecular formula is C24H25N5O6S2. The Balaban J connectivity index is 1.37. The summed E-state index contributed by atoms with van der Waals surface area (Å²) in [7, 11) is 2.89. The minimum Gasteiger partial charge on any atom is -0.497 e. The summed E-state index contributed by atoms with van der Waals surface area (Å²) in [6.07, 6.45) is 3.54. The van der Waals surface area contributed by atoms with Crippen molar-refractivity contribution in [1.82, 2.24) is 15.2 Å². The molecule has 37 heavy (non-hydrogen) atoms. The first-order valence-corrected chi connectivity index (χ1v) is 13.0. The summed E-state index contributed by atoms with van der Waals surface area (Å²) in [6.45, 7) is 1.90. The van der Waals surface area contributed by atoms with Gasteiger partial charge in [-0.1, -0.05) is 23.4 Å². The zero-order valence-corrected chi connectivity index (χ0v) is 21.9. The van der Waals surface area contributed by atoms with Crippen LogP contribution in [-0.2, 0) is 24.0 Å². The first-order chi connectivity index (χ1) is 17.8. The topological polar surface area (TPSA) is 145 Å². The number of thiazole rings is 1. The zero-order chi connectivity index (χ0) is 26.5. The first kappa shape index (κ1) is 26.2. The molecule has 2 amide bonds. The van der Waals surface area contributed by atoms with E-state index in [1.165, 1.54) is 23.8 Å². The molecule has 3 heterocycles. The smallest absolute Gasteiger partial charge is 0.355 e. The Hall–Kier alpha value is -3.84. The quantitative estimate of drug-likeness (QED) is 0.210. The number of nitrogen functional groups attached to an aromatic ring is 1. The number of oxime groups is 1. The highest BCUT2D eigenvalue weighted by molar-refractivity contribution is 8.00. The molecule has 13 heteroatoms. The van der Waals surface area contributed by atoms with Gasteiger partial charge in [-0.15, -0.1) is 23.1 Å². The van der Waals surface area contributed by atoms with Crippen LogP contribution in [0, 0.1) is 0 Å². The molecule has 11 nitrogen and oxygen atoms in total. The van der Waals surface area contributed by atoms with Crippen molar-refractivity contribution in [3.8, 4) is 5.75 Å². The van der Waals surface area contributed by atoms with Crippen LogP contribution in [0.25, 0.3) is 6.08 Å². The second-order valence-corrected chi connectivity index (χ2v) is 10.0. The summed E-state index contributed by atoms with van der Waals surface area (Å²) in [5.74, 6) is -0.467. The molecule has 3 N–H and O–H groups in total. The largest absolute Gasteiger partial charge is 0.497 e. The summed E-state index contributed by atoms with van der Waals surface area (Å²) >= 11 is 2.57. The van der Waals surface area contributed by atoms with Crippen molar-refractivity contribution in [1.29, 1.82) is 0 Å². The van der Waals surface area contributed by atoms with Gasteiger partial charge in [0.2, 0.25) is 0 Å². The summed E-state index contributed by atoms with van der Waals surface area (Å²) < 4.78 is 10.7. The highest BCUT2D eigenvalue weighted by Gasteiger charge is 2.53. The Bertz CT molecular complexity index is 1300. The summed E-state index contributed by atoms with van der Waals surface area (Å²) in [5.41, 5.74) is 7.68. The minimum absolute atomic E-state index is 0.0565. The Kier molecular flexibility index (Phi) is 8.14. The minimum atomic E-state index is -0.846. The molecule has 0 spiro atoms. The molecule has 0 aliphatic carbocycles. The number of benzene rings is 1. The number of nitrogens with one attached hydrogen (secondary N) is 1. The molecule has 2 aliphatic rings. The number of anilines is 1. The van der Waals surface area contributed by atoms with Gasteiger partial charge >= 0.3 is 5.97 Å². The molecule has 1 aromatic heterocycles. The van der Waals surface area contributed by atoms with E-state index >= 15 is 0 Å². The van der Waals surface area contributed by atoms with Gasteiger partial charge in [-0.2, -0.15) is 0 Å². The molecule has 2 atom stereocenters. The van der Waals surface area contributed by atoms with Crippen LogP contribution in [0.4, 0.5) is 5.13 Å². The standard InChI is InChI=1S/C24H25N5O6S2/c1-13(9-14-5-4-6-15(10-14)33-2)11-35-23(32)17-7-8-36-22-19(21(31)29(17)22)27-20(30)18(28-34-3)16-12-37-24(25)26-16/h4-7,9-10,12,19,22H,8,11H2,1-3H3,(H2,25,26)(H,27,30)/t19?,22-/m0/s1. The number of fused-ring (bicyclic) bond motifs is 1. The zero-order valence-electron chi connectivity index (χ0n) is 20.3. The van der Waals surface area contributed by atoms with Crippen molar-refractivity contribution in [3.63, 3.8) is 0 Å². The van der Waals surface area contributed by atoms with E-state index in [9.17, 15) is 14.4 Å². The Morgan fingerprint density at radius 1 is 1.35 bits per heavy atom. The fourth-order valence-electron chi connectivity index (χ4n) is 3.74. The maximum Gasteiger partial charge on any atom is 0.355 e. The number of carbonyl (C=O) groups excluding carboxylic acids is 3. The number of ether oxygens (including phenoxy) is 2. The second-order valence-electron chi connectivity index (χ2n) is 8.01. The van der Waals surface area contributed by atoms with Crippen molar-refractivity contribution in [2.75, 3.05) is 32.3 Å². The van der Waals surface area contributed by atoms with E-state index in [0.717, 1.165) is 28.2 Å². The van der Waals surface area contributed by atoms with E-state index in [4.69, 9.17) is 20.0 Å². The molecule has 4 rings (SSSR count). The van der Waals surface area contributed by atoms with Gasteiger partial charge < -0.3 is 25.4 Å². The molecule has 1 aromatic carbocycles. The molecular weight excluding hydrogens is 518 g/mol. The lowest BCUT2D eigenvalue weighted by molar-refractivity contribution is -0.152. The van der Waals surface area contributed by atoms with Gasteiger partial charge in [0.1, 0.15) is 42.3 Å². The average molecular weight is 544 g/mol. The number of β-lactam (4-membered cyclic amide) rings is 1. The van der Waals surface area contributed by atoms with Crippen LogP contribution < -0.4 is 15.8 Å². The molecule has 2 aliphatic heterocycles. The molecule has 1 fully saturated rings. The van der Waals surface area contributed by atoms with Gasteiger partial charge in [0.15, 0.2) is 10.8 Å². The van der Waals surface area contributed by atoms with E-state index in [1.54, 1.807) is 18.6 Å². The number of rotatable bonds is 9. The Morgan fingerprint density at radius 2 is 2.16 bits per heavy atom.